The Morgan fingerprint density at radius 1 is 1.08 bits per heavy atom. The summed E-state index contributed by atoms with van der Waals surface area (Å²) < 4.78 is 13.2. The molecule has 1 aliphatic carbocycles. The van der Waals surface area contributed by atoms with Crippen LogP contribution in [0.15, 0.2) is 86.0 Å². The van der Waals surface area contributed by atoms with Gasteiger partial charge in [0.25, 0.3) is 0 Å². The number of nitrogens with zero attached hydrogens (tertiary/aromatic N) is 2. The summed E-state index contributed by atoms with van der Waals surface area (Å²) in [6.45, 7) is 9.37. The number of allylic oxidation sites excluding steroid dienone is 1. The third-order valence-corrected chi connectivity index (χ3v) is 12.4. The van der Waals surface area contributed by atoms with Gasteiger partial charge in [-0.1, -0.05) is 108 Å². The maximum Gasteiger partial charge on any atom is 0.313 e. The highest BCUT2D eigenvalue weighted by molar-refractivity contribution is 9.09. The summed E-state index contributed by atoms with van der Waals surface area (Å²) in [6.07, 6.45) is 8.04. The molecule has 2 N–H and O–H groups in total. The third-order valence-electron chi connectivity index (χ3n) is 11.6. The molecule has 9 atom stereocenters. The number of fused-ring (bicyclic) bond motifs is 1. The van der Waals surface area contributed by atoms with Gasteiger partial charge in [-0.3, -0.25) is 19.2 Å². The quantitative estimate of drug-likeness (QED) is 0.132. The van der Waals surface area contributed by atoms with Crippen LogP contribution in [0.25, 0.3) is 0 Å². The number of benzene rings is 2. The molecular weight excluding hydrogens is 738 g/mol. The highest BCUT2D eigenvalue weighted by atomic mass is 79.9. The second kappa shape index (κ2) is 17.1. The summed E-state index contributed by atoms with van der Waals surface area (Å²) in [6, 6.07) is 16.4. The largest absolute Gasteiger partial charge is 0.455 e. The Labute approximate surface area is 321 Å². The molecule has 4 fully saturated rings. The van der Waals surface area contributed by atoms with Gasteiger partial charge in [-0.05, 0) is 50.2 Å². The second-order valence-electron chi connectivity index (χ2n) is 15.0. The lowest BCUT2D eigenvalue weighted by atomic mass is 9.70. The second-order valence-corrected chi connectivity index (χ2v) is 16.1. The fourth-order valence-electron chi connectivity index (χ4n) is 9.19. The number of carbonyl (C=O) groups excluding carboxylic acids is 4. The highest BCUT2D eigenvalue weighted by Crippen LogP contribution is 2.61. The van der Waals surface area contributed by atoms with Crippen molar-refractivity contribution < 1.29 is 33.8 Å². The number of alkyl halides is 1. The molecule has 1 spiro atoms. The summed E-state index contributed by atoms with van der Waals surface area (Å²) in [7, 11) is 0. The minimum atomic E-state index is -1.33. The number of aliphatic hydroxyl groups excluding tert-OH is 1. The molecule has 1 unspecified atom stereocenters. The first-order valence-electron chi connectivity index (χ1n) is 19.0. The van der Waals surface area contributed by atoms with E-state index >= 15 is 9.59 Å². The molecule has 0 radical (unpaired) electrons. The molecule has 284 valence electrons. The van der Waals surface area contributed by atoms with Crippen molar-refractivity contribution in [3.05, 3.63) is 97.1 Å². The van der Waals surface area contributed by atoms with Gasteiger partial charge in [0, 0.05) is 23.8 Å². The van der Waals surface area contributed by atoms with Crippen molar-refractivity contribution in [1.82, 2.24) is 15.1 Å². The summed E-state index contributed by atoms with van der Waals surface area (Å²) in [5.74, 6) is -3.52. The van der Waals surface area contributed by atoms with E-state index in [1.165, 1.54) is 4.90 Å². The minimum Gasteiger partial charge on any atom is -0.455 e. The lowest BCUT2D eigenvalue weighted by molar-refractivity contribution is -0.162. The third kappa shape index (κ3) is 7.75. The number of carbonyl (C=O) groups is 4. The molecule has 2 aromatic rings. The van der Waals surface area contributed by atoms with Crippen LogP contribution in [0, 0.1) is 11.8 Å². The molecule has 0 aromatic heterocycles. The van der Waals surface area contributed by atoms with Gasteiger partial charge in [0.05, 0.1) is 36.6 Å². The molecular formula is C42H52BrN3O7. The zero-order valence-corrected chi connectivity index (χ0v) is 32.1. The maximum atomic E-state index is 15.1. The van der Waals surface area contributed by atoms with Crippen molar-refractivity contribution in [3.63, 3.8) is 0 Å². The number of halogens is 1. The van der Waals surface area contributed by atoms with Gasteiger partial charge in [0.2, 0.25) is 17.7 Å². The average Bonchev–Trinajstić information content (AvgIpc) is 3.78. The van der Waals surface area contributed by atoms with E-state index in [-0.39, 0.29) is 35.7 Å². The van der Waals surface area contributed by atoms with Gasteiger partial charge in [0.1, 0.15) is 17.7 Å². The van der Waals surface area contributed by atoms with Crippen LogP contribution in [0.5, 0.6) is 0 Å². The summed E-state index contributed by atoms with van der Waals surface area (Å²) in [5, 5.41) is 13.9. The van der Waals surface area contributed by atoms with Crippen molar-refractivity contribution in [3.8, 4) is 0 Å². The Balaban J connectivity index is 1.37. The van der Waals surface area contributed by atoms with Crippen LogP contribution in [0.3, 0.4) is 0 Å². The molecule has 4 aliphatic rings. The normalized spacial score (nSPS) is 28.1. The van der Waals surface area contributed by atoms with Gasteiger partial charge < -0.3 is 29.7 Å². The zero-order chi connectivity index (χ0) is 37.7. The summed E-state index contributed by atoms with van der Waals surface area (Å²) in [4.78, 5) is 60.6. The maximum absolute atomic E-state index is 15.1. The topological polar surface area (TPSA) is 125 Å². The molecule has 2 aromatic carbocycles. The van der Waals surface area contributed by atoms with Gasteiger partial charge in [-0.25, -0.2) is 0 Å². The lowest BCUT2D eigenvalue weighted by Crippen LogP contribution is -2.61. The Kier molecular flexibility index (Phi) is 12.6. The van der Waals surface area contributed by atoms with Crippen LogP contribution >= 0.6 is 15.9 Å². The van der Waals surface area contributed by atoms with E-state index in [4.69, 9.17) is 9.47 Å². The molecule has 1 saturated carbocycles. The number of rotatable bonds is 16. The molecule has 3 amide bonds. The van der Waals surface area contributed by atoms with Crippen LogP contribution in [0.4, 0.5) is 0 Å². The number of aliphatic hydroxyl groups is 1. The van der Waals surface area contributed by atoms with E-state index in [1.54, 1.807) is 19.1 Å². The van der Waals surface area contributed by atoms with Crippen LogP contribution in [-0.2, 0) is 35.1 Å². The van der Waals surface area contributed by atoms with Crippen LogP contribution in [-0.4, -0.2) is 92.4 Å². The van der Waals surface area contributed by atoms with Crippen molar-refractivity contribution in [1.29, 1.82) is 0 Å². The SMILES string of the molecule is C=CCCC(=O)N[C@H](C)[C@@H](OC(=O)[C@@H]1[C@H]2O[C@@]3(CC2Br)[C@H](C(=O)N(CC=C)C2CCCCC2)N([C@@H](CO)Cc2ccccc2)C(=O)[C@@H]13)c1ccccc1. The number of likely N-dealkylation sites (tertiary alicyclic amines) is 1. The predicted molar refractivity (Wildman–Crippen MR) is 205 cm³/mol. The first-order valence-corrected chi connectivity index (χ1v) is 19.9. The first kappa shape index (κ1) is 38.9. The standard InChI is InChI=1S/C42H52BrN3O7/c1-4-6-22-33(48)44-27(3)36(29-18-12-8-13-19-29)52-41(51)34-35-39(49)46(31(26-47)24-28-16-10-7-11-17-28)38(42(35)25-32(43)37(34)53-42)40(50)45(23-5-2)30-20-14-9-15-21-30/h4-5,7-8,10-13,16-19,27,30-32,34-38,47H,1-2,6,9,14-15,20-26H2,3H3,(H,44,48)/t27-,31-,32?,34+,35-,36-,37+,38+,42-/m1/s1. The van der Waals surface area contributed by atoms with E-state index in [2.05, 4.69) is 34.4 Å². The molecule has 10 nitrogen and oxygen atoms in total. The number of hydrogen-bond acceptors (Lipinski definition) is 7. The zero-order valence-electron chi connectivity index (χ0n) is 30.5. The first-order chi connectivity index (χ1) is 25.6. The molecule has 11 heteroatoms. The van der Waals surface area contributed by atoms with Gasteiger partial charge in [-0.2, -0.15) is 0 Å². The Bertz CT molecular complexity index is 1640. The van der Waals surface area contributed by atoms with E-state index in [0.717, 1.165) is 37.7 Å². The van der Waals surface area contributed by atoms with Crippen LogP contribution < -0.4 is 5.32 Å². The number of hydrogen-bond donors (Lipinski definition) is 2. The Morgan fingerprint density at radius 3 is 2.40 bits per heavy atom. The van der Waals surface area contributed by atoms with Gasteiger partial charge in [-0.15, -0.1) is 13.2 Å². The minimum absolute atomic E-state index is 0.0164. The molecule has 2 bridgehead atoms. The number of esters is 1. The van der Waals surface area contributed by atoms with Crippen molar-refractivity contribution >= 4 is 39.6 Å². The molecule has 3 aliphatic heterocycles. The van der Waals surface area contributed by atoms with E-state index in [1.807, 2.05) is 65.6 Å². The smallest absolute Gasteiger partial charge is 0.313 e. The van der Waals surface area contributed by atoms with Crippen molar-refractivity contribution in [2.75, 3.05) is 13.2 Å². The van der Waals surface area contributed by atoms with Crippen molar-refractivity contribution in [2.45, 2.75) is 112 Å². The summed E-state index contributed by atoms with van der Waals surface area (Å²) >= 11 is 3.78. The van der Waals surface area contributed by atoms with E-state index in [0.29, 0.717) is 31.4 Å². The fourth-order valence-corrected chi connectivity index (χ4v) is 10.1. The highest BCUT2D eigenvalue weighted by Gasteiger charge is 2.77. The molecule has 3 saturated heterocycles. The lowest BCUT2D eigenvalue weighted by Gasteiger charge is -2.42. The van der Waals surface area contributed by atoms with Gasteiger partial charge >= 0.3 is 5.97 Å². The molecule has 53 heavy (non-hydrogen) atoms. The predicted octanol–water partition coefficient (Wildman–Crippen LogP) is 5.44. The van der Waals surface area contributed by atoms with E-state index < -0.39 is 59.6 Å². The molecule has 6 rings (SSSR count). The van der Waals surface area contributed by atoms with Gasteiger partial charge in [0.15, 0.2) is 0 Å². The Morgan fingerprint density at radius 2 is 1.75 bits per heavy atom. The van der Waals surface area contributed by atoms with Crippen LogP contribution in [0.2, 0.25) is 0 Å². The number of amides is 3. The van der Waals surface area contributed by atoms with E-state index in [9.17, 15) is 14.7 Å². The van der Waals surface area contributed by atoms with Crippen LogP contribution in [0.1, 0.15) is 75.5 Å². The number of ether oxygens (including phenoxy) is 2. The average molecular weight is 791 g/mol. The fraction of sp³-hybridized carbons (Fsp3) is 0.524. The summed E-state index contributed by atoms with van der Waals surface area (Å²) in [5.41, 5.74) is 0.265. The number of nitrogens with one attached hydrogen (secondary N) is 1. The molecule has 3 heterocycles. The van der Waals surface area contributed by atoms with Crippen molar-refractivity contribution in [2.24, 2.45) is 11.8 Å². The Hall–Kier alpha value is -3.80. The monoisotopic (exact) mass is 789 g/mol.